The zero-order valence-electron chi connectivity index (χ0n) is 10.4. The van der Waals surface area contributed by atoms with Crippen LogP contribution in [0.2, 0.25) is 0 Å². The van der Waals surface area contributed by atoms with E-state index in [1.54, 1.807) is 6.07 Å². The second-order valence-corrected chi connectivity index (χ2v) is 5.76. The van der Waals surface area contributed by atoms with Gasteiger partial charge in [-0.3, -0.25) is 4.79 Å². The number of amides is 1. The molecule has 6 heteroatoms. The summed E-state index contributed by atoms with van der Waals surface area (Å²) in [5, 5.41) is 2.79. The van der Waals surface area contributed by atoms with Crippen LogP contribution in [0.25, 0.3) is 0 Å². The SMILES string of the molecule is CCCn1cc(Br)cc1C(=O)Nc1cccc(Br)n1. The van der Waals surface area contributed by atoms with Crippen LogP contribution in [0.3, 0.4) is 0 Å². The summed E-state index contributed by atoms with van der Waals surface area (Å²) in [5.74, 6) is 0.365. The van der Waals surface area contributed by atoms with Gasteiger partial charge in [-0.15, -0.1) is 0 Å². The summed E-state index contributed by atoms with van der Waals surface area (Å²) in [6.07, 6.45) is 2.88. The monoisotopic (exact) mass is 385 g/mol. The molecule has 1 N–H and O–H groups in total. The maximum atomic E-state index is 12.2. The van der Waals surface area contributed by atoms with E-state index in [2.05, 4.69) is 49.1 Å². The Morgan fingerprint density at radius 1 is 1.42 bits per heavy atom. The number of aryl methyl sites for hydroxylation is 1. The van der Waals surface area contributed by atoms with Crippen LogP contribution in [-0.2, 0) is 6.54 Å². The van der Waals surface area contributed by atoms with E-state index in [1.165, 1.54) is 0 Å². The van der Waals surface area contributed by atoms with E-state index < -0.39 is 0 Å². The molecule has 0 saturated heterocycles. The van der Waals surface area contributed by atoms with Gasteiger partial charge in [0, 0.05) is 17.2 Å². The minimum absolute atomic E-state index is 0.162. The Labute approximate surface area is 128 Å². The zero-order chi connectivity index (χ0) is 13.8. The highest BCUT2D eigenvalue weighted by atomic mass is 79.9. The van der Waals surface area contributed by atoms with Crippen LogP contribution in [0.5, 0.6) is 0 Å². The van der Waals surface area contributed by atoms with Gasteiger partial charge < -0.3 is 9.88 Å². The Balaban J connectivity index is 2.20. The van der Waals surface area contributed by atoms with Crippen molar-refractivity contribution in [2.24, 2.45) is 0 Å². The van der Waals surface area contributed by atoms with Gasteiger partial charge in [0.25, 0.3) is 5.91 Å². The molecular formula is C13H13Br2N3O. The first-order valence-corrected chi connectivity index (χ1v) is 7.48. The minimum atomic E-state index is -0.162. The Morgan fingerprint density at radius 2 is 2.21 bits per heavy atom. The van der Waals surface area contributed by atoms with E-state index in [0.29, 0.717) is 16.1 Å². The molecule has 2 rings (SSSR count). The van der Waals surface area contributed by atoms with Gasteiger partial charge in [0.2, 0.25) is 0 Å². The van der Waals surface area contributed by atoms with E-state index in [1.807, 2.05) is 29.0 Å². The molecule has 0 aromatic carbocycles. The number of carbonyl (C=O) groups excluding carboxylic acids is 1. The molecule has 2 aromatic rings. The van der Waals surface area contributed by atoms with Crippen molar-refractivity contribution < 1.29 is 4.79 Å². The van der Waals surface area contributed by atoms with Crippen molar-refractivity contribution >= 4 is 43.6 Å². The smallest absolute Gasteiger partial charge is 0.273 e. The molecule has 2 aromatic heterocycles. The Morgan fingerprint density at radius 3 is 2.89 bits per heavy atom. The third-order valence-electron chi connectivity index (χ3n) is 2.52. The van der Waals surface area contributed by atoms with Crippen molar-refractivity contribution in [3.63, 3.8) is 0 Å². The van der Waals surface area contributed by atoms with Crippen LogP contribution in [-0.4, -0.2) is 15.5 Å². The molecule has 0 spiro atoms. The van der Waals surface area contributed by atoms with E-state index in [-0.39, 0.29) is 5.91 Å². The van der Waals surface area contributed by atoms with Crippen molar-refractivity contribution in [3.8, 4) is 0 Å². The molecule has 100 valence electrons. The average molecular weight is 387 g/mol. The van der Waals surface area contributed by atoms with Crippen LogP contribution in [0.4, 0.5) is 5.82 Å². The van der Waals surface area contributed by atoms with Crippen LogP contribution in [0.1, 0.15) is 23.8 Å². The van der Waals surface area contributed by atoms with Gasteiger partial charge >= 0.3 is 0 Å². The highest BCUT2D eigenvalue weighted by Gasteiger charge is 2.13. The molecule has 0 atom stereocenters. The number of hydrogen-bond donors (Lipinski definition) is 1. The number of nitrogens with one attached hydrogen (secondary N) is 1. The number of pyridine rings is 1. The van der Waals surface area contributed by atoms with Gasteiger partial charge in [0.15, 0.2) is 0 Å². The molecule has 0 unspecified atom stereocenters. The number of hydrogen-bond acceptors (Lipinski definition) is 2. The highest BCUT2D eigenvalue weighted by Crippen LogP contribution is 2.17. The minimum Gasteiger partial charge on any atom is -0.342 e. The maximum absolute atomic E-state index is 12.2. The second kappa shape index (κ2) is 6.34. The molecule has 19 heavy (non-hydrogen) atoms. The van der Waals surface area contributed by atoms with Crippen LogP contribution in [0, 0.1) is 0 Å². The largest absolute Gasteiger partial charge is 0.342 e. The quantitative estimate of drug-likeness (QED) is 0.805. The van der Waals surface area contributed by atoms with Gasteiger partial charge in [0.1, 0.15) is 16.1 Å². The van der Waals surface area contributed by atoms with Crippen molar-refractivity contribution in [2.75, 3.05) is 5.32 Å². The molecule has 0 bridgehead atoms. The Kier molecular flexibility index (Phi) is 4.76. The van der Waals surface area contributed by atoms with Crippen molar-refractivity contribution in [3.05, 3.63) is 45.2 Å². The average Bonchev–Trinajstić information content (AvgIpc) is 2.71. The predicted octanol–water partition coefficient (Wildman–Crippen LogP) is 4.07. The second-order valence-electron chi connectivity index (χ2n) is 4.04. The number of halogens is 2. The van der Waals surface area contributed by atoms with Crippen molar-refractivity contribution in [2.45, 2.75) is 19.9 Å². The molecule has 1 amide bonds. The van der Waals surface area contributed by atoms with Crippen LogP contribution < -0.4 is 5.32 Å². The normalized spacial score (nSPS) is 10.5. The maximum Gasteiger partial charge on any atom is 0.273 e. The fourth-order valence-electron chi connectivity index (χ4n) is 1.75. The lowest BCUT2D eigenvalue weighted by atomic mass is 10.3. The summed E-state index contributed by atoms with van der Waals surface area (Å²) in [6, 6.07) is 7.20. The van der Waals surface area contributed by atoms with Gasteiger partial charge in [-0.05, 0) is 56.5 Å². The number of carbonyl (C=O) groups is 1. The van der Waals surface area contributed by atoms with Crippen LogP contribution in [0.15, 0.2) is 39.5 Å². The first-order valence-electron chi connectivity index (χ1n) is 5.89. The summed E-state index contributed by atoms with van der Waals surface area (Å²) >= 11 is 6.67. The summed E-state index contributed by atoms with van der Waals surface area (Å²) in [7, 11) is 0. The molecular weight excluding hydrogens is 374 g/mol. The first kappa shape index (κ1) is 14.3. The number of rotatable bonds is 4. The highest BCUT2D eigenvalue weighted by molar-refractivity contribution is 9.10. The van der Waals surface area contributed by atoms with Crippen LogP contribution >= 0.6 is 31.9 Å². The van der Waals surface area contributed by atoms with Gasteiger partial charge in [-0.25, -0.2) is 4.98 Å². The fraction of sp³-hybridized carbons (Fsp3) is 0.231. The van der Waals surface area contributed by atoms with Gasteiger partial charge in [0.05, 0.1) is 0 Å². The van der Waals surface area contributed by atoms with Gasteiger partial charge in [-0.1, -0.05) is 13.0 Å². The summed E-state index contributed by atoms with van der Waals surface area (Å²) in [5.41, 5.74) is 0.621. The Hall–Kier alpha value is -1.14. The topological polar surface area (TPSA) is 46.9 Å². The molecule has 4 nitrogen and oxygen atoms in total. The zero-order valence-corrected chi connectivity index (χ0v) is 13.5. The number of anilines is 1. The lowest BCUT2D eigenvalue weighted by Crippen LogP contribution is -2.17. The molecule has 0 fully saturated rings. The summed E-state index contributed by atoms with van der Waals surface area (Å²) in [6.45, 7) is 2.88. The lowest BCUT2D eigenvalue weighted by molar-refractivity contribution is 0.101. The third kappa shape index (κ3) is 3.67. The molecule has 0 radical (unpaired) electrons. The molecule has 0 aliphatic rings. The lowest BCUT2D eigenvalue weighted by Gasteiger charge is -2.08. The van der Waals surface area contributed by atoms with Crippen molar-refractivity contribution in [1.29, 1.82) is 0 Å². The molecule has 0 saturated carbocycles. The van der Waals surface area contributed by atoms with Crippen molar-refractivity contribution in [1.82, 2.24) is 9.55 Å². The standard InChI is InChI=1S/C13H13Br2N3O/c1-2-6-18-8-9(14)7-10(18)13(19)17-12-5-3-4-11(15)16-12/h3-5,7-8H,2,6H2,1H3,(H,16,17,19). The predicted molar refractivity (Wildman–Crippen MR) is 82.3 cm³/mol. The molecule has 2 heterocycles. The molecule has 0 aliphatic carbocycles. The van der Waals surface area contributed by atoms with E-state index in [4.69, 9.17) is 0 Å². The summed E-state index contributed by atoms with van der Waals surface area (Å²) < 4.78 is 3.51. The summed E-state index contributed by atoms with van der Waals surface area (Å²) in [4.78, 5) is 16.4. The molecule has 0 aliphatic heterocycles. The van der Waals surface area contributed by atoms with E-state index in [9.17, 15) is 4.79 Å². The fourth-order valence-corrected chi connectivity index (χ4v) is 2.56. The number of nitrogens with zero attached hydrogens (tertiary/aromatic N) is 2. The Bertz CT molecular complexity index is 595. The first-order chi connectivity index (χ1) is 9.10. The van der Waals surface area contributed by atoms with E-state index in [0.717, 1.165) is 17.4 Å². The number of aromatic nitrogens is 2. The van der Waals surface area contributed by atoms with Gasteiger partial charge in [-0.2, -0.15) is 0 Å². The third-order valence-corrected chi connectivity index (χ3v) is 3.39. The van der Waals surface area contributed by atoms with E-state index >= 15 is 0 Å².